The smallest absolute Gasteiger partial charge is 0.246 e. The Morgan fingerprint density at radius 2 is 2.16 bits per heavy atom. The molecular formula is C14H16N4O. The fourth-order valence-corrected chi connectivity index (χ4v) is 2.33. The molecule has 1 aromatic heterocycles. The Labute approximate surface area is 111 Å². The molecule has 5 heteroatoms. The number of amides is 1. The summed E-state index contributed by atoms with van der Waals surface area (Å²) in [5, 5.41) is 3.14. The number of hydrogen-bond donors (Lipinski definition) is 1. The monoisotopic (exact) mass is 256 g/mol. The van der Waals surface area contributed by atoms with Crippen LogP contribution in [-0.2, 0) is 11.3 Å². The van der Waals surface area contributed by atoms with Crippen molar-refractivity contribution in [3.05, 3.63) is 43.0 Å². The number of imidazole rings is 1. The van der Waals surface area contributed by atoms with E-state index >= 15 is 0 Å². The SMILES string of the molecule is O=C1CNc2ccccc2N1CCCn1ccnc1. The lowest BCUT2D eigenvalue weighted by molar-refractivity contribution is -0.117. The predicted molar refractivity (Wildman–Crippen MR) is 74.1 cm³/mol. The van der Waals surface area contributed by atoms with Crippen molar-refractivity contribution in [3.8, 4) is 0 Å². The third-order valence-electron chi connectivity index (χ3n) is 3.28. The molecule has 1 aliphatic rings. The molecule has 0 radical (unpaired) electrons. The van der Waals surface area contributed by atoms with E-state index < -0.39 is 0 Å². The number of benzene rings is 1. The van der Waals surface area contributed by atoms with E-state index in [0.29, 0.717) is 6.54 Å². The van der Waals surface area contributed by atoms with E-state index in [9.17, 15) is 4.79 Å². The second-order valence-electron chi connectivity index (χ2n) is 4.57. The maximum atomic E-state index is 12.0. The van der Waals surface area contributed by atoms with Crippen molar-refractivity contribution in [2.75, 3.05) is 23.3 Å². The summed E-state index contributed by atoms with van der Waals surface area (Å²) in [6, 6.07) is 7.93. The van der Waals surface area contributed by atoms with Crippen LogP contribution in [-0.4, -0.2) is 28.5 Å². The van der Waals surface area contributed by atoms with Gasteiger partial charge in [-0.15, -0.1) is 0 Å². The molecule has 2 aromatic rings. The largest absolute Gasteiger partial charge is 0.374 e. The fraction of sp³-hybridized carbons (Fsp3) is 0.286. The van der Waals surface area contributed by atoms with Crippen LogP contribution < -0.4 is 10.2 Å². The summed E-state index contributed by atoms with van der Waals surface area (Å²) in [6.07, 6.45) is 6.42. The van der Waals surface area contributed by atoms with Crippen LogP contribution in [0.4, 0.5) is 11.4 Å². The molecule has 0 aliphatic carbocycles. The molecule has 0 saturated heterocycles. The minimum absolute atomic E-state index is 0.129. The topological polar surface area (TPSA) is 50.2 Å². The first-order chi connectivity index (χ1) is 9.34. The highest BCUT2D eigenvalue weighted by molar-refractivity contribution is 6.02. The first kappa shape index (κ1) is 11.8. The highest BCUT2D eigenvalue weighted by Gasteiger charge is 2.22. The van der Waals surface area contributed by atoms with E-state index in [1.165, 1.54) is 0 Å². The summed E-state index contributed by atoms with van der Waals surface area (Å²) in [5.74, 6) is 0.129. The molecule has 5 nitrogen and oxygen atoms in total. The second kappa shape index (κ2) is 5.14. The Kier molecular flexibility index (Phi) is 3.18. The van der Waals surface area contributed by atoms with E-state index in [4.69, 9.17) is 0 Å². The molecule has 0 fully saturated rings. The van der Waals surface area contributed by atoms with Crippen LogP contribution in [0.1, 0.15) is 6.42 Å². The van der Waals surface area contributed by atoms with Gasteiger partial charge in [-0.25, -0.2) is 4.98 Å². The van der Waals surface area contributed by atoms with Gasteiger partial charge in [-0.1, -0.05) is 12.1 Å². The lowest BCUT2D eigenvalue weighted by atomic mass is 10.2. The van der Waals surface area contributed by atoms with Crippen molar-refractivity contribution in [2.45, 2.75) is 13.0 Å². The van der Waals surface area contributed by atoms with E-state index in [2.05, 4.69) is 10.3 Å². The van der Waals surface area contributed by atoms with Gasteiger partial charge in [0.15, 0.2) is 0 Å². The number of fused-ring (bicyclic) bond motifs is 1. The van der Waals surface area contributed by atoms with E-state index in [1.807, 2.05) is 39.9 Å². The molecule has 1 aromatic carbocycles. The van der Waals surface area contributed by atoms with Crippen LogP contribution in [0.2, 0.25) is 0 Å². The molecule has 2 heterocycles. The standard InChI is InChI=1S/C14H16N4O/c19-14-10-16-12-4-1-2-5-13(12)18(14)8-3-7-17-9-6-15-11-17/h1-2,4-6,9,11,16H,3,7-8,10H2. The number of rotatable bonds is 4. The Balaban J connectivity index is 1.68. The molecule has 3 rings (SSSR count). The third-order valence-corrected chi connectivity index (χ3v) is 3.28. The number of nitrogens with one attached hydrogen (secondary N) is 1. The Hall–Kier alpha value is -2.30. The second-order valence-corrected chi connectivity index (χ2v) is 4.57. The van der Waals surface area contributed by atoms with Gasteiger partial charge in [0, 0.05) is 25.5 Å². The van der Waals surface area contributed by atoms with Crippen LogP contribution in [0.3, 0.4) is 0 Å². The van der Waals surface area contributed by atoms with Crippen molar-refractivity contribution in [1.82, 2.24) is 9.55 Å². The summed E-state index contributed by atoms with van der Waals surface area (Å²) >= 11 is 0. The zero-order valence-corrected chi connectivity index (χ0v) is 10.6. The first-order valence-corrected chi connectivity index (χ1v) is 6.43. The molecule has 19 heavy (non-hydrogen) atoms. The molecule has 0 saturated carbocycles. The Bertz CT molecular complexity index is 565. The average molecular weight is 256 g/mol. The Morgan fingerprint density at radius 1 is 1.26 bits per heavy atom. The molecule has 98 valence electrons. The van der Waals surface area contributed by atoms with Gasteiger partial charge in [0.05, 0.1) is 24.2 Å². The molecule has 1 aliphatic heterocycles. The van der Waals surface area contributed by atoms with Crippen LogP contribution in [0.15, 0.2) is 43.0 Å². The Morgan fingerprint density at radius 3 is 3.00 bits per heavy atom. The zero-order valence-electron chi connectivity index (χ0n) is 10.6. The number of anilines is 2. The van der Waals surface area contributed by atoms with Gasteiger partial charge in [0.25, 0.3) is 0 Å². The molecular weight excluding hydrogens is 240 g/mol. The number of carbonyl (C=O) groups excluding carboxylic acids is 1. The van der Waals surface area contributed by atoms with Crippen molar-refractivity contribution in [3.63, 3.8) is 0 Å². The average Bonchev–Trinajstić information content (AvgIpc) is 2.94. The summed E-state index contributed by atoms with van der Waals surface area (Å²) in [7, 11) is 0. The zero-order chi connectivity index (χ0) is 13.1. The maximum Gasteiger partial charge on any atom is 0.246 e. The first-order valence-electron chi connectivity index (χ1n) is 6.43. The number of aromatic nitrogens is 2. The van der Waals surface area contributed by atoms with Crippen LogP contribution in [0, 0.1) is 0 Å². The van der Waals surface area contributed by atoms with E-state index in [1.54, 1.807) is 12.5 Å². The molecule has 0 bridgehead atoms. The van der Waals surface area contributed by atoms with Gasteiger partial charge in [-0.2, -0.15) is 0 Å². The van der Waals surface area contributed by atoms with Crippen LogP contribution in [0.25, 0.3) is 0 Å². The van der Waals surface area contributed by atoms with E-state index in [-0.39, 0.29) is 5.91 Å². The van der Waals surface area contributed by atoms with Gasteiger partial charge in [-0.05, 0) is 18.6 Å². The number of hydrogen-bond acceptors (Lipinski definition) is 3. The van der Waals surface area contributed by atoms with Crippen LogP contribution in [0.5, 0.6) is 0 Å². The summed E-state index contributed by atoms with van der Waals surface area (Å²) in [5.41, 5.74) is 2.01. The fourth-order valence-electron chi connectivity index (χ4n) is 2.33. The third kappa shape index (κ3) is 2.45. The van der Waals surface area contributed by atoms with E-state index in [0.717, 1.165) is 30.9 Å². The molecule has 1 amide bonds. The number of aryl methyl sites for hydroxylation is 1. The quantitative estimate of drug-likeness (QED) is 0.906. The molecule has 1 N–H and O–H groups in total. The molecule has 0 unspecified atom stereocenters. The maximum absolute atomic E-state index is 12.0. The number of carbonyl (C=O) groups is 1. The van der Waals surface area contributed by atoms with Crippen LogP contribution >= 0.6 is 0 Å². The van der Waals surface area contributed by atoms with Gasteiger partial charge >= 0.3 is 0 Å². The summed E-state index contributed by atoms with van der Waals surface area (Å²) in [6.45, 7) is 1.98. The van der Waals surface area contributed by atoms with Gasteiger partial charge < -0.3 is 14.8 Å². The minimum atomic E-state index is 0.129. The lowest BCUT2D eigenvalue weighted by Gasteiger charge is -2.30. The number of nitrogens with zero attached hydrogens (tertiary/aromatic N) is 3. The van der Waals surface area contributed by atoms with Crippen molar-refractivity contribution < 1.29 is 4.79 Å². The van der Waals surface area contributed by atoms with Crippen molar-refractivity contribution in [2.24, 2.45) is 0 Å². The minimum Gasteiger partial charge on any atom is -0.374 e. The summed E-state index contributed by atoms with van der Waals surface area (Å²) in [4.78, 5) is 17.9. The van der Waals surface area contributed by atoms with Gasteiger partial charge in [0.1, 0.15) is 0 Å². The predicted octanol–water partition coefficient (Wildman–Crippen LogP) is 1.73. The molecule has 0 spiro atoms. The summed E-state index contributed by atoms with van der Waals surface area (Å²) < 4.78 is 2.03. The molecule has 0 atom stereocenters. The highest BCUT2D eigenvalue weighted by atomic mass is 16.2. The van der Waals surface area contributed by atoms with Crippen molar-refractivity contribution >= 4 is 17.3 Å². The number of para-hydroxylation sites is 2. The van der Waals surface area contributed by atoms with Gasteiger partial charge in [0.2, 0.25) is 5.91 Å². The van der Waals surface area contributed by atoms with Crippen molar-refractivity contribution in [1.29, 1.82) is 0 Å². The highest BCUT2D eigenvalue weighted by Crippen LogP contribution is 2.28. The normalized spacial score (nSPS) is 14.1. The van der Waals surface area contributed by atoms with Gasteiger partial charge in [-0.3, -0.25) is 4.79 Å². The lowest BCUT2D eigenvalue weighted by Crippen LogP contribution is -2.40.